The predicted octanol–water partition coefficient (Wildman–Crippen LogP) is -0.0207. The summed E-state index contributed by atoms with van der Waals surface area (Å²) < 4.78 is 12.0. The summed E-state index contributed by atoms with van der Waals surface area (Å²) in [4.78, 5) is 43.5. The number of ether oxygens (including phenoxy) is 2. The standard InChI is InChI=1S/C23H24N4O5/c1-2-27-22(29)17-5-4-16(12-18(17)24-23(27)30)21(28)26-9-7-25(8-10-26)13-15-3-6-19-20(11-15)32-14-31-19/h3-6,11-12H,2,7-10,13-14H2,1H3,(H,24,30)/p+1. The van der Waals surface area contributed by atoms with Gasteiger partial charge in [-0.3, -0.25) is 14.2 Å². The van der Waals surface area contributed by atoms with E-state index >= 15 is 0 Å². The molecule has 2 aliphatic heterocycles. The Hall–Kier alpha value is -3.59. The van der Waals surface area contributed by atoms with Gasteiger partial charge in [-0.2, -0.15) is 0 Å². The molecule has 2 aliphatic rings. The summed E-state index contributed by atoms with van der Waals surface area (Å²) in [5.41, 5.74) is 1.24. The van der Waals surface area contributed by atoms with Crippen LogP contribution in [0.1, 0.15) is 22.8 Å². The minimum Gasteiger partial charge on any atom is -0.454 e. The van der Waals surface area contributed by atoms with Crippen molar-refractivity contribution in [2.45, 2.75) is 20.0 Å². The van der Waals surface area contributed by atoms with Crippen molar-refractivity contribution in [1.82, 2.24) is 14.5 Å². The number of quaternary nitrogens is 1. The SMILES string of the molecule is CCn1c(=O)[nH]c2cc(C(=O)N3CC[NH+](Cc4ccc5c(c4)OCO5)CC3)ccc2c1=O. The minimum atomic E-state index is -0.463. The number of carbonyl (C=O) groups excluding carboxylic acids is 1. The van der Waals surface area contributed by atoms with E-state index in [0.29, 0.717) is 36.1 Å². The summed E-state index contributed by atoms with van der Waals surface area (Å²) in [6.07, 6.45) is 0. The summed E-state index contributed by atoms with van der Waals surface area (Å²) in [6.45, 7) is 6.13. The van der Waals surface area contributed by atoms with Crippen LogP contribution in [0.3, 0.4) is 0 Å². The largest absolute Gasteiger partial charge is 0.454 e. The number of amides is 1. The van der Waals surface area contributed by atoms with Crippen LogP contribution in [0.15, 0.2) is 46.0 Å². The molecule has 0 aliphatic carbocycles. The van der Waals surface area contributed by atoms with Gasteiger partial charge in [0.2, 0.25) is 6.79 Å². The zero-order valence-electron chi connectivity index (χ0n) is 17.8. The fourth-order valence-corrected chi connectivity index (χ4v) is 4.40. The lowest BCUT2D eigenvalue weighted by molar-refractivity contribution is -0.917. The normalized spacial score (nSPS) is 16.0. The van der Waals surface area contributed by atoms with E-state index in [1.54, 1.807) is 25.1 Å². The molecule has 2 aromatic carbocycles. The maximum absolute atomic E-state index is 13.0. The lowest BCUT2D eigenvalue weighted by atomic mass is 10.1. The highest BCUT2D eigenvalue weighted by atomic mass is 16.7. The summed E-state index contributed by atoms with van der Waals surface area (Å²) in [5.74, 6) is 1.48. The zero-order valence-corrected chi connectivity index (χ0v) is 17.8. The molecule has 1 saturated heterocycles. The van der Waals surface area contributed by atoms with Crippen LogP contribution in [0.25, 0.3) is 10.9 Å². The second-order valence-corrected chi connectivity index (χ2v) is 8.15. The number of fused-ring (bicyclic) bond motifs is 2. The van der Waals surface area contributed by atoms with Gasteiger partial charge in [-0.05, 0) is 43.3 Å². The molecule has 9 heteroatoms. The highest BCUT2D eigenvalue weighted by Gasteiger charge is 2.25. The van der Waals surface area contributed by atoms with E-state index < -0.39 is 5.69 Å². The molecule has 166 valence electrons. The van der Waals surface area contributed by atoms with Crippen LogP contribution < -0.4 is 25.6 Å². The summed E-state index contributed by atoms with van der Waals surface area (Å²) >= 11 is 0. The maximum atomic E-state index is 13.0. The molecule has 1 aromatic heterocycles. The number of benzene rings is 2. The van der Waals surface area contributed by atoms with E-state index in [2.05, 4.69) is 11.1 Å². The second-order valence-electron chi connectivity index (χ2n) is 8.15. The molecule has 0 radical (unpaired) electrons. The van der Waals surface area contributed by atoms with Crippen molar-refractivity contribution in [3.05, 3.63) is 68.4 Å². The van der Waals surface area contributed by atoms with E-state index in [1.165, 1.54) is 10.5 Å². The van der Waals surface area contributed by atoms with Crippen molar-refractivity contribution in [2.75, 3.05) is 33.0 Å². The molecule has 2 N–H and O–H groups in total. The number of hydrogen-bond acceptors (Lipinski definition) is 5. The van der Waals surface area contributed by atoms with Crippen molar-refractivity contribution in [3.8, 4) is 11.5 Å². The van der Waals surface area contributed by atoms with Crippen LogP contribution in [-0.2, 0) is 13.1 Å². The molecule has 1 amide bonds. The van der Waals surface area contributed by atoms with E-state index in [0.717, 1.165) is 35.7 Å². The van der Waals surface area contributed by atoms with Gasteiger partial charge in [0, 0.05) is 17.7 Å². The quantitative estimate of drug-likeness (QED) is 0.598. The average Bonchev–Trinajstić information content (AvgIpc) is 3.27. The molecule has 0 spiro atoms. The Bertz CT molecular complexity index is 1300. The van der Waals surface area contributed by atoms with Crippen molar-refractivity contribution in [2.24, 2.45) is 0 Å². The highest BCUT2D eigenvalue weighted by Crippen LogP contribution is 2.32. The first-order valence-corrected chi connectivity index (χ1v) is 10.8. The van der Waals surface area contributed by atoms with Gasteiger partial charge in [0.25, 0.3) is 11.5 Å². The summed E-state index contributed by atoms with van der Waals surface area (Å²) in [5, 5.41) is 0.404. The monoisotopic (exact) mass is 437 g/mol. The Balaban J connectivity index is 1.26. The third-order valence-corrected chi connectivity index (χ3v) is 6.19. The number of piperazine rings is 1. The van der Waals surface area contributed by atoms with Gasteiger partial charge >= 0.3 is 5.69 Å². The van der Waals surface area contributed by atoms with E-state index in [4.69, 9.17) is 9.47 Å². The Labute approximate surface area is 183 Å². The lowest BCUT2D eigenvalue weighted by Gasteiger charge is -2.32. The molecule has 3 heterocycles. The van der Waals surface area contributed by atoms with Crippen LogP contribution in [-0.4, -0.2) is 53.3 Å². The fourth-order valence-electron chi connectivity index (χ4n) is 4.40. The summed E-state index contributed by atoms with van der Waals surface area (Å²) in [6, 6.07) is 10.9. The van der Waals surface area contributed by atoms with Crippen LogP contribution >= 0.6 is 0 Å². The van der Waals surface area contributed by atoms with Gasteiger partial charge in [0.1, 0.15) is 6.54 Å². The van der Waals surface area contributed by atoms with Gasteiger partial charge in [-0.25, -0.2) is 4.79 Å². The van der Waals surface area contributed by atoms with Gasteiger partial charge in [-0.15, -0.1) is 0 Å². The molecule has 0 saturated carbocycles. The van der Waals surface area contributed by atoms with Gasteiger partial charge < -0.3 is 24.3 Å². The van der Waals surface area contributed by atoms with E-state index in [9.17, 15) is 14.4 Å². The van der Waals surface area contributed by atoms with Crippen LogP contribution in [0.5, 0.6) is 11.5 Å². The number of aromatic amines is 1. The minimum absolute atomic E-state index is 0.0884. The van der Waals surface area contributed by atoms with Gasteiger partial charge in [0.15, 0.2) is 11.5 Å². The lowest BCUT2D eigenvalue weighted by Crippen LogP contribution is -3.13. The highest BCUT2D eigenvalue weighted by molar-refractivity contribution is 5.97. The van der Waals surface area contributed by atoms with E-state index in [-0.39, 0.29) is 18.3 Å². The Morgan fingerprint density at radius 2 is 1.84 bits per heavy atom. The van der Waals surface area contributed by atoms with Crippen molar-refractivity contribution < 1.29 is 19.2 Å². The average molecular weight is 437 g/mol. The molecule has 0 atom stereocenters. The maximum Gasteiger partial charge on any atom is 0.328 e. The number of aromatic nitrogens is 2. The summed E-state index contributed by atoms with van der Waals surface area (Å²) in [7, 11) is 0. The number of nitrogens with one attached hydrogen (secondary N) is 2. The fraction of sp³-hybridized carbons (Fsp3) is 0.348. The molecule has 5 rings (SSSR count). The number of hydrogen-bond donors (Lipinski definition) is 2. The van der Waals surface area contributed by atoms with Gasteiger partial charge in [-0.1, -0.05) is 0 Å². The zero-order chi connectivity index (χ0) is 22.2. The smallest absolute Gasteiger partial charge is 0.328 e. The number of rotatable bonds is 4. The van der Waals surface area contributed by atoms with Crippen molar-refractivity contribution >= 4 is 16.8 Å². The second kappa shape index (κ2) is 8.16. The third-order valence-electron chi connectivity index (χ3n) is 6.19. The van der Waals surface area contributed by atoms with Crippen molar-refractivity contribution in [1.29, 1.82) is 0 Å². The first-order chi connectivity index (χ1) is 15.5. The van der Waals surface area contributed by atoms with Crippen LogP contribution in [0.2, 0.25) is 0 Å². The number of H-pyrrole nitrogens is 1. The molecule has 3 aromatic rings. The molecule has 9 nitrogen and oxygen atoms in total. The molecular formula is C23H25N4O5+. The van der Waals surface area contributed by atoms with Crippen LogP contribution in [0, 0.1) is 0 Å². The molecular weight excluding hydrogens is 412 g/mol. The topological polar surface area (TPSA) is 98.1 Å². The first-order valence-electron chi connectivity index (χ1n) is 10.8. The number of carbonyl (C=O) groups is 1. The molecule has 0 unspecified atom stereocenters. The Morgan fingerprint density at radius 1 is 1.06 bits per heavy atom. The third kappa shape index (κ3) is 3.64. The Morgan fingerprint density at radius 3 is 2.62 bits per heavy atom. The molecule has 0 bridgehead atoms. The first kappa shape index (κ1) is 20.3. The van der Waals surface area contributed by atoms with E-state index in [1.807, 2.05) is 17.0 Å². The van der Waals surface area contributed by atoms with Gasteiger partial charge in [0.05, 0.1) is 37.1 Å². The van der Waals surface area contributed by atoms with Crippen LogP contribution in [0.4, 0.5) is 0 Å². The molecule has 1 fully saturated rings. The number of nitrogens with zero attached hydrogens (tertiary/aromatic N) is 2. The van der Waals surface area contributed by atoms with Crippen molar-refractivity contribution in [3.63, 3.8) is 0 Å². The molecule has 32 heavy (non-hydrogen) atoms. The Kier molecular flexibility index (Phi) is 5.18. The predicted molar refractivity (Wildman–Crippen MR) is 117 cm³/mol.